The fraction of sp³-hybridized carbons (Fsp3) is 0.394. The maximum absolute atomic E-state index is 12.3. The molecule has 5 nitrogen and oxygen atoms in total. The van der Waals surface area contributed by atoms with E-state index in [0.717, 1.165) is 40.2 Å². The molecule has 2 heterocycles. The number of carbonyl (C=O) groups excluding carboxylic acids is 1. The van der Waals surface area contributed by atoms with Gasteiger partial charge >= 0.3 is 5.97 Å². The molecule has 0 amide bonds. The average Bonchev–Trinajstić information content (AvgIpc) is 3.60. The van der Waals surface area contributed by atoms with Crippen molar-refractivity contribution in [1.82, 2.24) is 4.68 Å². The maximum atomic E-state index is 12.3. The van der Waals surface area contributed by atoms with Crippen molar-refractivity contribution in [2.75, 3.05) is 14.2 Å². The molecule has 1 aliphatic carbocycles. The second-order valence-electron chi connectivity index (χ2n) is 10.4. The third-order valence-corrected chi connectivity index (χ3v) is 9.46. The molecule has 0 N–H and O–H groups in total. The summed E-state index contributed by atoms with van der Waals surface area (Å²) in [6, 6.07) is 11.7. The molecule has 1 aromatic carbocycles. The van der Waals surface area contributed by atoms with Gasteiger partial charge in [0.2, 0.25) is 5.69 Å². The van der Waals surface area contributed by atoms with Crippen LogP contribution in [0.4, 0.5) is 0 Å². The largest absolute Gasteiger partial charge is 0.465 e. The number of rotatable bonds is 11. The number of nitrogens with zero attached hydrogens (tertiary/aromatic N) is 2. The summed E-state index contributed by atoms with van der Waals surface area (Å²) in [6.45, 7) is 9.29. The fourth-order valence-electron chi connectivity index (χ4n) is 5.45. The minimum Gasteiger partial charge on any atom is -0.465 e. The second-order valence-corrected chi connectivity index (χ2v) is 12.4. The van der Waals surface area contributed by atoms with Crippen LogP contribution in [0.1, 0.15) is 66.8 Å². The Bertz CT molecular complexity index is 1440. The number of thiophene rings is 1. The molecule has 2 aromatic heterocycles. The highest BCUT2D eigenvalue weighted by molar-refractivity contribution is 7.14. The summed E-state index contributed by atoms with van der Waals surface area (Å²) in [5, 5.41) is 1.18. The highest BCUT2D eigenvalue weighted by atomic mass is 35.5. The lowest BCUT2D eigenvalue weighted by Crippen LogP contribution is -2.46. The smallest absolute Gasteiger partial charge is 0.348 e. The standard InChI is InChI=1S/C33H39Cl2N2O3S/c1-7-9-14-36-29(25-16-26(34)19-27(35)17-25)20-30(24-11-10-23(21(3)15-24)18-28(8-2)39-5)37(36)22(4)31-12-13-32(41-31)33(38)40-6/h7,9-13,15-17,19-23,28H,8,14,18H2,1-6H3/q+1. The number of esters is 1. The molecular weight excluding hydrogens is 575 g/mol. The summed E-state index contributed by atoms with van der Waals surface area (Å²) < 4.78 is 15.3. The van der Waals surface area contributed by atoms with E-state index in [2.05, 4.69) is 66.6 Å². The third-order valence-electron chi connectivity index (χ3n) is 7.78. The van der Waals surface area contributed by atoms with Crippen LogP contribution in [0.3, 0.4) is 0 Å². The first-order chi connectivity index (χ1) is 19.7. The minimum atomic E-state index is -0.323. The fourth-order valence-corrected chi connectivity index (χ4v) is 6.93. The molecule has 4 atom stereocenters. The first kappa shape index (κ1) is 31.3. The van der Waals surface area contributed by atoms with E-state index < -0.39 is 0 Å². The number of ether oxygens (including phenoxy) is 2. The monoisotopic (exact) mass is 613 g/mol. The van der Waals surface area contributed by atoms with Crippen LogP contribution in [-0.4, -0.2) is 31.0 Å². The Morgan fingerprint density at radius 3 is 2.51 bits per heavy atom. The van der Waals surface area contributed by atoms with Gasteiger partial charge in [-0.25, -0.2) is 4.79 Å². The van der Waals surface area contributed by atoms with Crippen LogP contribution in [0, 0.1) is 11.8 Å². The van der Waals surface area contributed by atoms with E-state index in [1.807, 2.05) is 31.2 Å². The number of methoxy groups -OCH3 is 2. The summed E-state index contributed by atoms with van der Waals surface area (Å²) in [5.74, 6) is 0.431. The number of halogens is 2. The van der Waals surface area contributed by atoms with E-state index in [1.165, 1.54) is 18.4 Å². The topological polar surface area (TPSA) is 44.3 Å². The van der Waals surface area contributed by atoms with Crippen LogP contribution < -0.4 is 4.68 Å². The van der Waals surface area contributed by atoms with Gasteiger partial charge in [0.15, 0.2) is 6.54 Å². The van der Waals surface area contributed by atoms with Gasteiger partial charge in [-0.2, -0.15) is 0 Å². The van der Waals surface area contributed by atoms with Gasteiger partial charge in [0.1, 0.15) is 16.6 Å². The molecule has 0 aliphatic heterocycles. The van der Waals surface area contributed by atoms with Gasteiger partial charge in [-0.05, 0) is 80.5 Å². The van der Waals surface area contributed by atoms with Gasteiger partial charge in [-0.3, -0.25) is 0 Å². The van der Waals surface area contributed by atoms with Gasteiger partial charge < -0.3 is 9.47 Å². The summed E-state index contributed by atoms with van der Waals surface area (Å²) >= 11 is 14.4. The normalized spacial score (nSPS) is 18.5. The molecule has 41 heavy (non-hydrogen) atoms. The molecule has 4 rings (SSSR count). The molecule has 8 heteroatoms. The Balaban J connectivity index is 1.88. The second kappa shape index (κ2) is 14.0. The van der Waals surface area contributed by atoms with Crippen molar-refractivity contribution in [3.05, 3.63) is 92.3 Å². The van der Waals surface area contributed by atoms with Crippen molar-refractivity contribution >= 4 is 46.1 Å². The molecule has 0 saturated carbocycles. The molecule has 3 aromatic rings. The zero-order chi connectivity index (χ0) is 29.7. The Morgan fingerprint density at radius 1 is 1.17 bits per heavy atom. The quantitative estimate of drug-likeness (QED) is 0.123. The first-order valence-electron chi connectivity index (χ1n) is 14.0. The first-order valence-corrected chi connectivity index (χ1v) is 15.6. The summed E-state index contributed by atoms with van der Waals surface area (Å²) in [4.78, 5) is 13.9. The zero-order valence-corrected chi connectivity index (χ0v) is 26.9. The van der Waals surface area contributed by atoms with Crippen LogP contribution in [0.5, 0.6) is 0 Å². The molecule has 0 radical (unpaired) electrons. The maximum Gasteiger partial charge on any atom is 0.348 e. The highest BCUT2D eigenvalue weighted by Gasteiger charge is 2.32. The molecule has 4 unspecified atom stereocenters. The number of hydrogen-bond donors (Lipinski definition) is 0. The number of aromatic nitrogens is 2. The van der Waals surface area contributed by atoms with Gasteiger partial charge in [0.05, 0.1) is 18.8 Å². The Hall–Kier alpha value is -2.64. The number of benzene rings is 1. The van der Waals surface area contributed by atoms with Crippen molar-refractivity contribution < 1.29 is 19.0 Å². The molecule has 0 saturated heterocycles. The van der Waals surface area contributed by atoms with Crippen LogP contribution in [0.15, 0.2) is 66.8 Å². The van der Waals surface area contributed by atoms with Gasteiger partial charge in [0.25, 0.3) is 0 Å². The molecule has 0 spiro atoms. The number of hydrogen-bond acceptors (Lipinski definition) is 4. The predicted molar refractivity (Wildman–Crippen MR) is 170 cm³/mol. The lowest BCUT2D eigenvalue weighted by molar-refractivity contribution is -0.758. The van der Waals surface area contributed by atoms with Crippen LogP contribution in [0.2, 0.25) is 10.0 Å². The molecule has 1 aliphatic rings. The molecule has 0 fully saturated rings. The van der Waals surface area contributed by atoms with E-state index in [1.54, 1.807) is 13.2 Å². The van der Waals surface area contributed by atoms with E-state index >= 15 is 0 Å². The SMILES string of the molecule is CC=CC[n+]1c(-c2cc(Cl)cc(Cl)c2)cc(C2=CC(C)C(CC(CC)OC)C=C2)n1C(C)c1ccc(C(=O)OC)s1. The zero-order valence-electron chi connectivity index (χ0n) is 24.6. The lowest BCUT2D eigenvalue weighted by atomic mass is 9.82. The van der Waals surface area contributed by atoms with E-state index in [4.69, 9.17) is 32.7 Å². The average molecular weight is 615 g/mol. The van der Waals surface area contributed by atoms with Gasteiger partial charge in [-0.1, -0.05) is 61.4 Å². The Labute approximate surface area is 257 Å². The molecule has 218 valence electrons. The lowest BCUT2D eigenvalue weighted by Gasteiger charge is -2.26. The van der Waals surface area contributed by atoms with Crippen molar-refractivity contribution in [3.8, 4) is 11.3 Å². The van der Waals surface area contributed by atoms with E-state index in [-0.39, 0.29) is 18.1 Å². The highest BCUT2D eigenvalue weighted by Crippen LogP contribution is 2.37. The number of allylic oxidation sites excluding steroid dienone is 6. The molecule has 0 bridgehead atoms. The third kappa shape index (κ3) is 7.06. The molecular formula is C33H39Cl2N2O3S+. The van der Waals surface area contributed by atoms with Gasteiger partial charge in [0, 0.05) is 28.1 Å². The summed E-state index contributed by atoms with van der Waals surface area (Å²) in [5.41, 5.74) is 4.19. The minimum absolute atomic E-state index is 0.0673. The van der Waals surface area contributed by atoms with E-state index in [9.17, 15) is 4.79 Å². The van der Waals surface area contributed by atoms with Crippen LogP contribution >= 0.6 is 34.5 Å². The predicted octanol–water partition coefficient (Wildman–Crippen LogP) is 8.80. The van der Waals surface area contributed by atoms with Crippen molar-refractivity contribution in [1.29, 1.82) is 0 Å². The Morgan fingerprint density at radius 2 is 1.90 bits per heavy atom. The van der Waals surface area contributed by atoms with Crippen molar-refractivity contribution in [3.63, 3.8) is 0 Å². The van der Waals surface area contributed by atoms with Crippen molar-refractivity contribution in [2.45, 2.75) is 59.2 Å². The van der Waals surface area contributed by atoms with Crippen LogP contribution in [0.25, 0.3) is 16.8 Å². The van der Waals surface area contributed by atoms with Crippen LogP contribution in [-0.2, 0) is 16.0 Å². The summed E-state index contributed by atoms with van der Waals surface area (Å²) in [7, 11) is 3.21. The number of carbonyl (C=O) groups is 1. The van der Waals surface area contributed by atoms with Gasteiger partial charge in [-0.15, -0.1) is 20.7 Å². The van der Waals surface area contributed by atoms with E-state index in [0.29, 0.717) is 33.3 Å². The summed E-state index contributed by atoms with van der Waals surface area (Å²) in [6.07, 6.45) is 13.4. The van der Waals surface area contributed by atoms with Crippen molar-refractivity contribution in [2.24, 2.45) is 11.8 Å². The Kier molecular flexibility index (Phi) is 10.7.